The van der Waals surface area contributed by atoms with Crippen molar-refractivity contribution in [3.05, 3.63) is 34.9 Å². The van der Waals surface area contributed by atoms with Crippen molar-refractivity contribution in [1.82, 2.24) is 34.6 Å². The minimum absolute atomic E-state index is 0.0176. The summed E-state index contributed by atoms with van der Waals surface area (Å²) in [7, 11) is 0. The zero-order chi connectivity index (χ0) is 27.1. The van der Waals surface area contributed by atoms with E-state index in [1.807, 2.05) is 0 Å². The maximum absolute atomic E-state index is 13.5. The van der Waals surface area contributed by atoms with Gasteiger partial charge in [-0.1, -0.05) is 11.3 Å². The number of halogens is 6. The molecule has 1 amide bonds. The van der Waals surface area contributed by atoms with E-state index in [0.717, 1.165) is 12.4 Å². The molecule has 1 atom stereocenters. The number of aromatic nitrogens is 6. The van der Waals surface area contributed by atoms with Crippen LogP contribution in [0.15, 0.2) is 12.4 Å². The largest absolute Gasteiger partial charge is 0.451 e. The lowest BCUT2D eigenvalue weighted by atomic mass is 10.1. The quantitative estimate of drug-likeness (QED) is 0.483. The average molecular weight is 550 g/mol. The van der Waals surface area contributed by atoms with Gasteiger partial charge in [-0.2, -0.15) is 31.4 Å². The zero-order valence-electron chi connectivity index (χ0n) is 19.4. The van der Waals surface area contributed by atoms with Crippen molar-refractivity contribution in [1.29, 1.82) is 0 Å². The van der Waals surface area contributed by atoms with Crippen LogP contribution in [-0.4, -0.2) is 77.9 Å². The summed E-state index contributed by atoms with van der Waals surface area (Å²) in [5.41, 5.74) is -0.373. The van der Waals surface area contributed by atoms with E-state index in [0.29, 0.717) is 23.0 Å². The average Bonchev–Trinajstić information content (AvgIpc) is 3.41. The molecule has 1 aliphatic heterocycles. The molecule has 1 saturated heterocycles. The molecule has 3 aromatic heterocycles. The van der Waals surface area contributed by atoms with Crippen molar-refractivity contribution in [3.63, 3.8) is 0 Å². The van der Waals surface area contributed by atoms with E-state index in [4.69, 9.17) is 0 Å². The number of amides is 1. The standard InChI is InChI=1S/C20H20F6N8O2S/c1-10-29-11(2)34(31-10)8-14(36)33-4-3-32(7-13(33)9-35)16-15(30-18(37-16)20(24,25)26)12-5-27-17(28-6-12)19(21,22)23/h5-6,13,35H,3-4,7-9H2,1-2H3/t13-/m0/s1. The zero-order valence-corrected chi connectivity index (χ0v) is 20.2. The molecule has 3 aromatic rings. The first-order valence-electron chi connectivity index (χ1n) is 10.8. The first kappa shape index (κ1) is 26.7. The lowest BCUT2D eigenvalue weighted by Gasteiger charge is -2.41. The van der Waals surface area contributed by atoms with Gasteiger partial charge < -0.3 is 14.9 Å². The van der Waals surface area contributed by atoms with Crippen molar-refractivity contribution in [3.8, 4) is 11.3 Å². The third kappa shape index (κ3) is 5.66. The molecule has 0 unspecified atom stereocenters. The van der Waals surface area contributed by atoms with E-state index in [1.165, 1.54) is 14.5 Å². The minimum Gasteiger partial charge on any atom is -0.394 e. The van der Waals surface area contributed by atoms with E-state index in [1.54, 1.807) is 13.8 Å². The van der Waals surface area contributed by atoms with E-state index >= 15 is 0 Å². The topological polar surface area (TPSA) is 113 Å². The van der Waals surface area contributed by atoms with Crippen molar-refractivity contribution < 1.29 is 36.2 Å². The fourth-order valence-corrected chi connectivity index (χ4v) is 4.88. The Hall–Kier alpha value is -3.34. The number of carbonyl (C=O) groups excluding carboxylic acids is 1. The van der Waals surface area contributed by atoms with Gasteiger partial charge in [0.05, 0.1) is 12.6 Å². The molecule has 1 fully saturated rings. The first-order valence-corrected chi connectivity index (χ1v) is 11.6. The van der Waals surface area contributed by atoms with Crippen LogP contribution in [0.5, 0.6) is 0 Å². The Morgan fingerprint density at radius 3 is 2.30 bits per heavy atom. The second-order valence-electron chi connectivity index (χ2n) is 8.20. The summed E-state index contributed by atoms with van der Waals surface area (Å²) in [6.07, 6.45) is -8.09. The molecule has 0 aliphatic carbocycles. The van der Waals surface area contributed by atoms with Crippen LogP contribution in [0.4, 0.5) is 31.3 Å². The SMILES string of the molecule is Cc1nc(C)n(CC(=O)N2CCN(c3sc(C(F)(F)F)nc3-c3cnc(C(F)(F)F)nc3)C[C@H]2CO)n1. The molecule has 0 spiro atoms. The van der Waals surface area contributed by atoms with Gasteiger partial charge in [-0.15, -0.1) is 0 Å². The number of hydrogen-bond acceptors (Lipinski definition) is 9. The van der Waals surface area contributed by atoms with Crippen molar-refractivity contribution >= 4 is 22.2 Å². The fourth-order valence-electron chi connectivity index (χ4n) is 3.89. The van der Waals surface area contributed by atoms with Crippen LogP contribution in [-0.2, 0) is 23.7 Å². The number of aryl methyl sites for hydroxylation is 2. The second-order valence-corrected chi connectivity index (χ2v) is 9.17. The van der Waals surface area contributed by atoms with Crippen LogP contribution in [0, 0.1) is 13.8 Å². The first-order chi connectivity index (χ1) is 17.3. The van der Waals surface area contributed by atoms with Crippen LogP contribution >= 0.6 is 11.3 Å². The van der Waals surface area contributed by atoms with Gasteiger partial charge in [-0.25, -0.2) is 24.6 Å². The molecular weight excluding hydrogens is 530 g/mol. The molecule has 0 bridgehead atoms. The number of anilines is 1. The molecule has 0 saturated carbocycles. The van der Waals surface area contributed by atoms with Crippen LogP contribution in [0.1, 0.15) is 22.5 Å². The van der Waals surface area contributed by atoms with Gasteiger partial charge in [-0.3, -0.25) is 4.79 Å². The predicted molar refractivity (Wildman–Crippen MR) is 117 cm³/mol. The number of alkyl halides is 6. The maximum Gasteiger partial charge on any atom is 0.451 e. The van der Waals surface area contributed by atoms with Crippen LogP contribution < -0.4 is 4.90 Å². The van der Waals surface area contributed by atoms with Crippen LogP contribution in [0.25, 0.3) is 11.3 Å². The molecule has 17 heteroatoms. The van der Waals surface area contributed by atoms with Crippen molar-refractivity contribution in [2.24, 2.45) is 0 Å². The molecule has 0 aromatic carbocycles. The second kappa shape index (κ2) is 9.85. The highest BCUT2D eigenvalue weighted by molar-refractivity contribution is 7.16. The number of rotatable bonds is 5. The summed E-state index contributed by atoms with van der Waals surface area (Å²) in [6.45, 7) is 2.88. The summed E-state index contributed by atoms with van der Waals surface area (Å²) in [4.78, 5) is 30.0. The van der Waals surface area contributed by atoms with Crippen molar-refractivity contribution in [2.75, 3.05) is 31.1 Å². The Balaban J connectivity index is 1.60. The summed E-state index contributed by atoms with van der Waals surface area (Å²) in [5, 5.41) is 12.9. The Labute approximate surface area is 209 Å². The summed E-state index contributed by atoms with van der Waals surface area (Å²) >= 11 is 0.312. The summed E-state index contributed by atoms with van der Waals surface area (Å²) in [6, 6.07) is -0.765. The summed E-state index contributed by atoms with van der Waals surface area (Å²) in [5.74, 6) is -0.783. The van der Waals surface area contributed by atoms with Crippen LogP contribution in [0.2, 0.25) is 0 Å². The smallest absolute Gasteiger partial charge is 0.394 e. The normalized spacial score (nSPS) is 16.9. The monoisotopic (exact) mass is 550 g/mol. The number of thiazole rings is 1. The molecule has 4 heterocycles. The Morgan fingerprint density at radius 1 is 1.08 bits per heavy atom. The predicted octanol–water partition coefficient (Wildman–Crippen LogP) is 2.56. The molecule has 10 nitrogen and oxygen atoms in total. The number of carbonyl (C=O) groups is 1. The third-order valence-corrected chi connectivity index (χ3v) is 6.74. The molecule has 4 rings (SSSR count). The minimum atomic E-state index is -4.82. The molecule has 37 heavy (non-hydrogen) atoms. The lowest BCUT2D eigenvalue weighted by Crippen LogP contribution is -2.57. The highest BCUT2D eigenvalue weighted by Gasteiger charge is 2.39. The Kier molecular flexibility index (Phi) is 7.11. The molecule has 1 aliphatic rings. The van der Waals surface area contributed by atoms with Gasteiger partial charge in [0.25, 0.3) is 0 Å². The van der Waals surface area contributed by atoms with Gasteiger partial charge in [-0.05, 0) is 13.8 Å². The number of aliphatic hydroxyl groups is 1. The van der Waals surface area contributed by atoms with E-state index in [9.17, 15) is 36.2 Å². The molecule has 1 N–H and O–H groups in total. The molecule has 0 radical (unpaired) electrons. The van der Waals surface area contributed by atoms with E-state index in [2.05, 4.69) is 25.0 Å². The number of piperazine rings is 1. The van der Waals surface area contributed by atoms with Gasteiger partial charge in [0, 0.05) is 37.6 Å². The maximum atomic E-state index is 13.5. The Morgan fingerprint density at radius 2 is 1.76 bits per heavy atom. The third-order valence-electron chi connectivity index (χ3n) is 5.58. The highest BCUT2D eigenvalue weighted by Crippen LogP contribution is 2.43. The Bertz CT molecular complexity index is 1270. The summed E-state index contributed by atoms with van der Waals surface area (Å²) < 4.78 is 80.4. The van der Waals surface area contributed by atoms with Crippen molar-refractivity contribution in [2.45, 2.75) is 38.8 Å². The number of hydrogen-bond donors (Lipinski definition) is 1. The molecule has 200 valence electrons. The highest BCUT2D eigenvalue weighted by atomic mass is 32.1. The fraction of sp³-hybridized carbons (Fsp3) is 0.500. The molecular formula is C20H20F6N8O2S. The van der Waals surface area contributed by atoms with Gasteiger partial charge in [0.15, 0.2) is 0 Å². The van der Waals surface area contributed by atoms with Crippen LogP contribution in [0.3, 0.4) is 0 Å². The van der Waals surface area contributed by atoms with Gasteiger partial charge in [0.1, 0.15) is 28.9 Å². The van der Waals surface area contributed by atoms with E-state index < -0.39 is 35.8 Å². The van der Waals surface area contributed by atoms with E-state index in [-0.39, 0.29) is 48.3 Å². The lowest BCUT2D eigenvalue weighted by molar-refractivity contribution is -0.145. The number of nitrogens with zero attached hydrogens (tertiary/aromatic N) is 8. The number of aliphatic hydroxyl groups excluding tert-OH is 1. The van der Waals surface area contributed by atoms with Gasteiger partial charge >= 0.3 is 12.4 Å². The van der Waals surface area contributed by atoms with Gasteiger partial charge in [0.2, 0.25) is 16.7 Å².